The highest BCUT2D eigenvalue weighted by atomic mass is 16.5. The highest BCUT2D eigenvalue weighted by molar-refractivity contribution is 5.96. The Kier molecular flexibility index (Phi) is 6.32. The quantitative estimate of drug-likeness (QED) is 0.890. The number of rotatable bonds is 5. The Morgan fingerprint density at radius 2 is 1.92 bits per heavy atom. The number of likely N-dealkylation sites (N-methyl/N-ethyl adjacent to an activating group) is 2. The van der Waals surface area contributed by atoms with Crippen LogP contribution in [0.3, 0.4) is 0 Å². The van der Waals surface area contributed by atoms with Crippen molar-refractivity contribution in [3.63, 3.8) is 0 Å². The molecule has 1 N–H and O–H groups in total. The standard InChI is InChI=1S/C20H31N3O2/c1-22-12-13-23(2)16(15-22)14-21-20(24)18-10-6-7-11-19(18)25-17-8-4-3-5-9-17/h6-7,10-11,16-17H,3-5,8-9,12-15H2,1-2H3,(H,21,24)/t16-/m0/s1. The summed E-state index contributed by atoms with van der Waals surface area (Å²) in [5.41, 5.74) is 0.653. The third kappa shape index (κ3) is 4.95. The average molecular weight is 345 g/mol. The van der Waals surface area contributed by atoms with Crippen molar-refractivity contribution in [2.75, 3.05) is 40.3 Å². The van der Waals surface area contributed by atoms with Crippen molar-refractivity contribution >= 4 is 5.91 Å². The van der Waals surface area contributed by atoms with Gasteiger partial charge in [0.15, 0.2) is 0 Å². The second-order valence-corrected chi connectivity index (χ2v) is 7.48. The molecule has 0 radical (unpaired) electrons. The SMILES string of the molecule is CN1CCN(C)[C@@H](CNC(=O)c2ccccc2OC2CCCCC2)C1. The van der Waals surface area contributed by atoms with E-state index < -0.39 is 0 Å². The molecule has 5 heteroatoms. The molecule has 1 saturated carbocycles. The molecule has 2 fully saturated rings. The van der Waals surface area contributed by atoms with Crippen molar-refractivity contribution < 1.29 is 9.53 Å². The van der Waals surface area contributed by atoms with Gasteiger partial charge in [0.2, 0.25) is 0 Å². The first kappa shape index (κ1) is 18.2. The first-order chi connectivity index (χ1) is 12.1. The summed E-state index contributed by atoms with van der Waals surface area (Å²) >= 11 is 0. The fraction of sp³-hybridized carbons (Fsp3) is 0.650. The summed E-state index contributed by atoms with van der Waals surface area (Å²) in [6.45, 7) is 3.77. The van der Waals surface area contributed by atoms with Gasteiger partial charge >= 0.3 is 0 Å². The van der Waals surface area contributed by atoms with Crippen LogP contribution in [0.4, 0.5) is 0 Å². The molecular formula is C20H31N3O2. The molecule has 1 aliphatic carbocycles. The van der Waals surface area contributed by atoms with Gasteiger partial charge in [0.1, 0.15) is 5.75 Å². The zero-order valence-corrected chi connectivity index (χ0v) is 15.5. The third-order valence-electron chi connectivity index (χ3n) is 5.46. The lowest BCUT2D eigenvalue weighted by atomic mass is 9.97. The van der Waals surface area contributed by atoms with Gasteiger partial charge in [-0.1, -0.05) is 18.6 Å². The maximum absolute atomic E-state index is 12.7. The summed E-state index contributed by atoms with van der Waals surface area (Å²) in [5.74, 6) is 0.689. The number of para-hydroxylation sites is 1. The molecule has 0 unspecified atom stereocenters. The van der Waals surface area contributed by atoms with E-state index in [4.69, 9.17) is 4.74 Å². The van der Waals surface area contributed by atoms with Gasteiger partial charge in [0.25, 0.3) is 5.91 Å². The topological polar surface area (TPSA) is 44.8 Å². The average Bonchev–Trinajstić information content (AvgIpc) is 2.63. The predicted octanol–water partition coefficient (Wildman–Crippen LogP) is 2.37. The molecule has 3 rings (SSSR count). The molecule has 1 aromatic carbocycles. The monoisotopic (exact) mass is 345 g/mol. The number of carbonyl (C=O) groups excluding carboxylic acids is 1. The number of amides is 1. The Morgan fingerprint density at radius 3 is 2.72 bits per heavy atom. The van der Waals surface area contributed by atoms with E-state index in [0.29, 0.717) is 18.2 Å². The number of carbonyl (C=O) groups is 1. The van der Waals surface area contributed by atoms with Crippen LogP contribution in [0.15, 0.2) is 24.3 Å². The van der Waals surface area contributed by atoms with Crippen LogP contribution in [0.1, 0.15) is 42.5 Å². The van der Waals surface area contributed by atoms with Crippen LogP contribution < -0.4 is 10.1 Å². The van der Waals surface area contributed by atoms with E-state index in [1.54, 1.807) is 0 Å². The predicted molar refractivity (Wildman–Crippen MR) is 100 cm³/mol. The van der Waals surface area contributed by atoms with E-state index in [1.807, 2.05) is 24.3 Å². The number of piperazine rings is 1. The summed E-state index contributed by atoms with van der Waals surface area (Å²) in [5, 5.41) is 3.11. The van der Waals surface area contributed by atoms with Crippen molar-refractivity contribution in [3.8, 4) is 5.75 Å². The van der Waals surface area contributed by atoms with E-state index >= 15 is 0 Å². The van der Waals surface area contributed by atoms with Crippen LogP contribution >= 0.6 is 0 Å². The molecule has 1 aliphatic heterocycles. The number of nitrogens with one attached hydrogen (secondary N) is 1. The maximum Gasteiger partial charge on any atom is 0.255 e. The lowest BCUT2D eigenvalue weighted by Crippen LogP contribution is -2.54. The number of hydrogen-bond donors (Lipinski definition) is 1. The van der Waals surface area contributed by atoms with E-state index in [0.717, 1.165) is 38.2 Å². The normalized spacial score (nSPS) is 23.4. The van der Waals surface area contributed by atoms with Crippen LogP contribution in [0, 0.1) is 0 Å². The number of benzene rings is 1. The lowest BCUT2D eigenvalue weighted by Gasteiger charge is -2.37. The second-order valence-electron chi connectivity index (χ2n) is 7.48. The summed E-state index contributed by atoms with van der Waals surface area (Å²) in [4.78, 5) is 17.4. The summed E-state index contributed by atoms with van der Waals surface area (Å²) in [6.07, 6.45) is 6.18. The van der Waals surface area contributed by atoms with E-state index in [-0.39, 0.29) is 12.0 Å². The van der Waals surface area contributed by atoms with Crippen LogP contribution in [0.25, 0.3) is 0 Å². The zero-order valence-electron chi connectivity index (χ0n) is 15.5. The molecule has 0 bridgehead atoms. The molecule has 0 spiro atoms. The van der Waals surface area contributed by atoms with E-state index in [1.165, 1.54) is 19.3 Å². The summed E-state index contributed by atoms with van der Waals surface area (Å²) in [7, 11) is 4.26. The first-order valence-corrected chi connectivity index (χ1v) is 9.56. The smallest absolute Gasteiger partial charge is 0.255 e. The van der Waals surface area contributed by atoms with Crippen LogP contribution in [0.5, 0.6) is 5.75 Å². The van der Waals surface area contributed by atoms with Gasteiger partial charge in [-0.3, -0.25) is 9.69 Å². The first-order valence-electron chi connectivity index (χ1n) is 9.56. The Bertz CT molecular complexity index is 572. The van der Waals surface area contributed by atoms with Crippen molar-refractivity contribution in [3.05, 3.63) is 29.8 Å². The highest BCUT2D eigenvalue weighted by Crippen LogP contribution is 2.26. The van der Waals surface area contributed by atoms with Gasteiger partial charge in [-0.25, -0.2) is 0 Å². The minimum atomic E-state index is -0.0342. The molecule has 2 aliphatic rings. The van der Waals surface area contributed by atoms with Crippen molar-refractivity contribution in [1.29, 1.82) is 0 Å². The summed E-state index contributed by atoms with van der Waals surface area (Å²) < 4.78 is 6.16. The molecule has 5 nitrogen and oxygen atoms in total. The largest absolute Gasteiger partial charge is 0.490 e. The summed E-state index contributed by atoms with van der Waals surface area (Å²) in [6, 6.07) is 7.99. The molecule has 1 atom stereocenters. The number of nitrogens with zero attached hydrogens (tertiary/aromatic N) is 2. The Balaban J connectivity index is 1.59. The molecule has 1 heterocycles. The van der Waals surface area contributed by atoms with Crippen LogP contribution in [-0.4, -0.2) is 68.1 Å². The fourth-order valence-corrected chi connectivity index (χ4v) is 3.75. The van der Waals surface area contributed by atoms with Gasteiger partial charge in [-0.05, 0) is 51.9 Å². The molecule has 1 saturated heterocycles. The van der Waals surface area contributed by atoms with Gasteiger partial charge in [0.05, 0.1) is 11.7 Å². The van der Waals surface area contributed by atoms with Crippen LogP contribution in [0.2, 0.25) is 0 Å². The Labute approximate surface area is 151 Å². The highest BCUT2D eigenvalue weighted by Gasteiger charge is 2.24. The molecular weight excluding hydrogens is 314 g/mol. The van der Waals surface area contributed by atoms with Crippen molar-refractivity contribution in [2.24, 2.45) is 0 Å². The lowest BCUT2D eigenvalue weighted by molar-refractivity contribution is 0.0872. The third-order valence-corrected chi connectivity index (χ3v) is 5.46. The van der Waals surface area contributed by atoms with E-state index in [9.17, 15) is 4.79 Å². The minimum Gasteiger partial charge on any atom is -0.490 e. The molecule has 25 heavy (non-hydrogen) atoms. The van der Waals surface area contributed by atoms with E-state index in [2.05, 4.69) is 29.2 Å². The van der Waals surface area contributed by atoms with Crippen LogP contribution in [-0.2, 0) is 0 Å². The van der Waals surface area contributed by atoms with Gasteiger partial charge in [0, 0.05) is 32.2 Å². The number of hydrogen-bond acceptors (Lipinski definition) is 4. The fourth-order valence-electron chi connectivity index (χ4n) is 3.75. The zero-order chi connectivity index (χ0) is 17.6. The molecule has 0 aromatic heterocycles. The van der Waals surface area contributed by atoms with Crippen molar-refractivity contribution in [1.82, 2.24) is 15.1 Å². The van der Waals surface area contributed by atoms with Gasteiger partial charge in [-0.15, -0.1) is 0 Å². The van der Waals surface area contributed by atoms with Gasteiger partial charge < -0.3 is 15.0 Å². The molecule has 1 amide bonds. The maximum atomic E-state index is 12.7. The minimum absolute atomic E-state index is 0.0342. The number of ether oxygens (including phenoxy) is 1. The van der Waals surface area contributed by atoms with Crippen molar-refractivity contribution in [2.45, 2.75) is 44.2 Å². The van der Waals surface area contributed by atoms with Gasteiger partial charge in [-0.2, -0.15) is 0 Å². The second kappa shape index (κ2) is 8.68. The Hall–Kier alpha value is -1.59. The molecule has 1 aromatic rings. The molecule has 138 valence electrons. The Morgan fingerprint density at radius 1 is 1.16 bits per heavy atom.